The van der Waals surface area contributed by atoms with Crippen LogP contribution in [-0.2, 0) is 14.2 Å². The predicted molar refractivity (Wildman–Crippen MR) is 32.5 cm³/mol. The summed E-state index contributed by atoms with van der Waals surface area (Å²) in [6, 6.07) is 0. The number of rotatable bonds is 4. The van der Waals surface area contributed by atoms with Gasteiger partial charge in [0.05, 0.1) is 26.4 Å². The first-order valence-electron chi connectivity index (χ1n) is 3.40. The quantitative estimate of drug-likeness (QED) is 0.578. The zero-order chi connectivity index (χ0) is 8.10. The highest BCUT2D eigenvalue weighted by molar-refractivity contribution is 4.71. The molecule has 0 amide bonds. The van der Waals surface area contributed by atoms with Crippen LogP contribution in [0.25, 0.3) is 0 Å². The highest BCUT2D eigenvalue weighted by Gasteiger charge is 2.26. The van der Waals surface area contributed by atoms with E-state index in [9.17, 15) is 0 Å². The van der Waals surface area contributed by atoms with E-state index in [2.05, 4.69) is 0 Å². The van der Waals surface area contributed by atoms with Gasteiger partial charge >= 0.3 is 0 Å². The maximum atomic E-state index is 8.00. The molecule has 2 rings (SSSR count). The van der Waals surface area contributed by atoms with Gasteiger partial charge in [0.2, 0.25) is 0 Å². The summed E-state index contributed by atoms with van der Waals surface area (Å²) in [5.41, 5.74) is 0. The highest BCUT2D eigenvalue weighted by Crippen LogP contribution is 2.12. The van der Waals surface area contributed by atoms with E-state index in [1.807, 2.05) is 0 Å². The van der Waals surface area contributed by atoms with E-state index in [4.69, 9.17) is 23.4 Å². The van der Waals surface area contributed by atoms with Crippen LogP contribution in [-0.4, -0.2) is 38.6 Å². The van der Waals surface area contributed by atoms with Gasteiger partial charge in [-0.3, -0.25) is 0 Å². The van der Waals surface area contributed by atoms with Crippen LogP contribution in [0.3, 0.4) is 0 Å². The zero-order valence-electron chi connectivity index (χ0n) is 5.96. The van der Waals surface area contributed by atoms with Gasteiger partial charge in [-0.15, -0.1) is 0 Å². The lowest BCUT2D eigenvalue weighted by atomic mass is 10.5. The van der Waals surface area contributed by atoms with Gasteiger partial charge in [-0.05, 0) is 0 Å². The largest absolute Gasteiger partial charge is 0.376 e. The molecule has 0 aromatic heterocycles. The van der Waals surface area contributed by atoms with Crippen LogP contribution in [0, 0.1) is 0 Å². The summed E-state index contributed by atoms with van der Waals surface area (Å²) >= 11 is 0. The highest BCUT2D eigenvalue weighted by atomic mass is 20.0. The summed E-state index contributed by atoms with van der Waals surface area (Å²) in [4.78, 5) is 0. The van der Waals surface area contributed by atoms with Gasteiger partial charge in [0.15, 0.2) is 0 Å². The lowest BCUT2D eigenvalue weighted by molar-refractivity contribution is 0.102. The molecular weight excluding hydrogens is 158 g/mol. The average Bonchev–Trinajstić information content (AvgIpc) is 2.86. The molecule has 2 saturated heterocycles. The number of hydrogen-bond acceptors (Lipinski definition) is 3. The second-order valence-electron chi connectivity index (χ2n) is 2.45. The van der Waals surface area contributed by atoms with E-state index in [0.29, 0.717) is 12.2 Å². The van der Waals surface area contributed by atoms with Crippen LogP contribution in [0.4, 0.5) is 9.15 Å². The SMILES string of the molecule is C(OCC1CO1)C1CO1.FF. The average molecular weight is 168 g/mol. The van der Waals surface area contributed by atoms with Gasteiger partial charge in [-0.25, -0.2) is 0 Å². The topological polar surface area (TPSA) is 34.3 Å². The molecule has 0 aromatic carbocycles. The van der Waals surface area contributed by atoms with Crippen molar-refractivity contribution in [3.63, 3.8) is 0 Å². The van der Waals surface area contributed by atoms with E-state index < -0.39 is 0 Å². The second-order valence-corrected chi connectivity index (χ2v) is 2.45. The number of ether oxygens (including phenoxy) is 3. The van der Waals surface area contributed by atoms with Crippen molar-refractivity contribution < 1.29 is 23.4 Å². The fourth-order valence-corrected chi connectivity index (χ4v) is 0.659. The third-order valence-corrected chi connectivity index (χ3v) is 1.41. The van der Waals surface area contributed by atoms with Gasteiger partial charge in [-0.2, -0.15) is 0 Å². The summed E-state index contributed by atoms with van der Waals surface area (Å²) < 4.78 is 31.1. The van der Waals surface area contributed by atoms with E-state index >= 15 is 0 Å². The van der Waals surface area contributed by atoms with Crippen LogP contribution in [0.15, 0.2) is 0 Å². The maximum absolute atomic E-state index is 8.00. The van der Waals surface area contributed by atoms with Gasteiger partial charge in [-0.1, -0.05) is 0 Å². The Balaban J connectivity index is 0.000000281. The molecule has 66 valence electrons. The third kappa shape index (κ3) is 4.23. The number of epoxide rings is 2. The van der Waals surface area contributed by atoms with Crippen molar-refractivity contribution in [3.05, 3.63) is 0 Å². The summed E-state index contributed by atoms with van der Waals surface area (Å²) in [5, 5.41) is 0. The molecule has 2 unspecified atom stereocenters. The molecule has 0 saturated carbocycles. The molecule has 0 radical (unpaired) electrons. The summed E-state index contributed by atoms with van der Waals surface area (Å²) in [6.45, 7) is 3.26. The Morgan fingerprint density at radius 1 is 1.09 bits per heavy atom. The van der Waals surface area contributed by atoms with Crippen molar-refractivity contribution in [1.29, 1.82) is 0 Å². The minimum atomic E-state index is 0.392. The molecule has 0 bridgehead atoms. The molecule has 2 heterocycles. The first kappa shape index (κ1) is 8.83. The van der Waals surface area contributed by atoms with Crippen LogP contribution in [0.1, 0.15) is 0 Å². The van der Waals surface area contributed by atoms with Crippen molar-refractivity contribution in [2.45, 2.75) is 12.2 Å². The smallest absolute Gasteiger partial charge is 0.104 e. The summed E-state index contributed by atoms with van der Waals surface area (Å²) in [5.74, 6) is 0. The van der Waals surface area contributed by atoms with E-state index in [0.717, 1.165) is 26.4 Å². The molecule has 0 aliphatic carbocycles. The van der Waals surface area contributed by atoms with Gasteiger partial charge < -0.3 is 14.2 Å². The molecule has 0 N–H and O–H groups in total. The molecule has 2 fully saturated rings. The molecule has 0 spiro atoms. The Morgan fingerprint density at radius 2 is 1.45 bits per heavy atom. The Labute approximate surface area is 63.1 Å². The molecular formula is C6H10F2O3. The van der Waals surface area contributed by atoms with Crippen molar-refractivity contribution in [3.8, 4) is 0 Å². The zero-order valence-corrected chi connectivity index (χ0v) is 5.96. The first-order valence-corrected chi connectivity index (χ1v) is 3.40. The first-order chi connectivity index (χ1) is 5.45. The monoisotopic (exact) mass is 168 g/mol. The fraction of sp³-hybridized carbons (Fsp3) is 1.00. The van der Waals surface area contributed by atoms with Crippen molar-refractivity contribution in [2.24, 2.45) is 0 Å². The minimum absolute atomic E-state index is 0.392. The number of hydrogen-bond donors (Lipinski definition) is 0. The van der Waals surface area contributed by atoms with E-state index in [1.165, 1.54) is 0 Å². The second kappa shape index (κ2) is 4.58. The normalized spacial score (nSPS) is 32.2. The van der Waals surface area contributed by atoms with Crippen molar-refractivity contribution >= 4 is 0 Å². The molecule has 2 aliphatic heterocycles. The van der Waals surface area contributed by atoms with Crippen LogP contribution < -0.4 is 0 Å². The Kier molecular flexibility index (Phi) is 3.68. The molecule has 5 heteroatoms. The Bertz CT molecular complexity index is 92.0. The van der Waals surface area contributed by atoms with E-state index in [-0.39, 0.29) is 0 Å². The standard InChI is InChI=1S/C6H10O3.F2/c1(5-3-8-5)7-2-6-4-9-6;1-2/h5-6H,1-4H2;. The van der Waals surface area contributed by atoms with Crippen LogP contribution in [0.2, 0.25) is 0 Å². The van der Waals surface area contributed by atoms with Gasteiger partial charge in [0, 0.05) is 9.15 Å². The molecule has 2 aliphatic rings. The summed E-state index contributed by atoms with van der Waals surface area (Å²) in [7, 11) is 0. The molecule has 11 heavy (non-hydrogen) atoms. The number of halogens is 2. The molecule has 0 aromatic rings. The molecule has 3 nitrogen and oxygen atoms in total. The maximum Gasteiger partial charge on any atom is 0.104 e. The predicted octanol–water partition coefficient (Wildman–Crippen LogP) is 0.641. The van der Waals surface area contributed by atoms with E-state index in [1.54, 1.807) is 0 Å². The minimum Gasteiger partial charge on any atom is -0.376 e. The van der Waals surface area contributed by atoms with Crippen LogP contribution in [0.5, 0.6) is 0 Å². The van der Waals surface area contributed by atoms with Gasteiger partial charge in [0.25, 0.3) is 0 Å². The fourth-order valence-electron chi connectivity index (χ4n) is 0.659. The van der Waals surface area contributed by atoms with Gasteiger partial charge in [0.1, 0.15) is 12.2 Å². The summed E-state index contributed by atoms with van der Waals surface area (Å²) in [6.07, 6.45) is 0.785. The lowest BCUT2D eigenvalue weighted by Crippen LogP contribution is -2.06. The van der Waals surface area contributed by atoms with Crippen LogP contribution >= 0.6 is 0 Å². The van der Waals surface area contributed by atoms with Crippen molar-refractivity contribution in [1.82, 2.24) is 0 Å². The molecule has 2 atom stereocenters. The lowest BCUT2D eigenvalue weighted by Gasteiger charge is -1.95. The van der Waals surface area contributed by atoms with Crippen molar-refractivity contribution in [2.75, 3.05) is 26.4 Å². The Morgan fingerprint density at radius 3 is 1.73 bits per heavy atom. The Hall–Kier alpha value is -0.260. The third-order valence-electron chi connectivity index (χ3n) is 1.41.